The van der Waals surface area contributed by atoms with Crippen LogP contribution in [0.1, 0.15) is 50.2 Å². The van der Waals surface area contributed by atoms with Crippen molar-refractivity contribution < 1.29 is 9.53 Å². The number of amides is 1. The van der Waals surface area contributed by atoms with Gasteiger partial charge in [-0.05, 0) is 61.3 Å². The second kappa shape index (κ2) is 14.5. The number of aromatic nitrogens is 4. The van der Waals surface area contributed by atoms with Crippen LogP contribution in [0.15, 0.2) is 34.2 Å². The van der Waals surface area contributed by atoms with Crippen LogP contribution in [0.25, 0.3) is 21.6 Å². The molecule has 0 spiro atoms. The van der Waals surface area contributed by atoms with Crippen LogP contribution in [0.4, 0.5) is 5.82 Å². The van der Waals surface area contributed by atoms with Gasteiger partial charge in [0.1, 0.15) is 5.52 Å². The number of rotatable bonds is 14. The molecule has 14 heteroatoms. The van der Waals surface area contributed by atoms with E-state index in [2.05, 4.69) is 54.3 Å². The smallest absolute Gasteiger partial charge is 0.328 e. The highest BCUT2D eigenvalue weighted by Gasteiger charge is 2.20. The molecule has 1 aliphatic heterocycles. The monoisotopic (exact) mass is 565 g/mol. The van der Waals surface area contributed by atoms with Gasteiger partial charge in [0.2, 0.25) is 5.91 Å². The maximum absolute atomic E-state index is 12.7. The van der Waals surface area contributed by atoms with Crippen LogP contribution in [0, 0.1) is 5.92 Å². The lowest BCUT2D eigenvalue weighted by atomic mass is 9.93. The van der Waals surface area contributed by atoms with E-state index in [1.54, 1.807) is 4.57 Å². The first-order valence-electron chi connectivity index (χ1n) is 14.1. The first-order valence-corrected chi connectivity index (χ1v) is 14.1. The molecule has 0 aliphatic carbocycles. The van der Waals surface area contributed by atoms with Crippen molar-refractivity contribution in [3.8, 4) is 6.01 Å². The largest absolute Gasteiger partial charge is 0.463 e. The Bertz CT molecular complexity index is 1400. The van der Waals surface area contributed by atoms with E-state index in [0.29, 0.717) is 36.8 Å². The van der Waals surface area contributed by atoms with Crippen molar-refractivity contribution >= 4 is 22.9 Å². The third kappa shape index (κ3) is 8.19. The molecule has 14 nitrogen and oxygen atoms in total. The number of benzene rings is 1. The van der Waals surface area contributed by atoms with Crippen molar-refractivity contribution in [2.75, 3.05) is 38.5 Å². The number of nitrogens with zero attached hydrogens (tertiary/aromatic N) is 7. The number of carbonyl (C=O) groups excluding carboxylic acids is 1. The quantitative estimate of drug-likeness (QED) is 0.0984. The number of likely N-dealkylation sites (tertiary alicyclic amines) is 1. The number of hydrogen-bond acceptors (Lipinski definition) is 9. The number of azide groups is 1. The molecular weight excluding hydrogens is 526 g/mol. The fraction of sp³-hybridized carbons (Fsp3) is 0.556. The Morgan fingerprint density at radius 3 is 2.63 bits per heavy atom. The van der Waals surface area contributed by atoms with E-state index in [1.165, 1.54) is 5.56 Å². The fourth-order valence-corrected chi connectivity index (χ4v) is 4.91. The number of nitrogen functional groups attached to an aromatic ring is 1. The van der Waals surface area contributed by atoms with Gasteiger partial charge in [0, 0.05) is 24.5 Å². The Labute approximate surface area is 238 Å². The van der Waals surface area contributed by atoms with Crippen molar-refractivity contribution in [1.82, 2.24) is 29.7 Å². The maximum Gasteiger partial charge on any atom is 0.328 e. The summed E-state index contributed by atoms with van der Waals surface area (Å²) >= 11 is 0. The zero-order valence-electron chi connectivity index (χ0n) is 23.5. The lowest BCUT2D eigenvalue weighted by molar-refractivity contribution is -0.122. The highest BCUT2D eigenvalue weighted by Crippen LogP contribution is 2.22. The topological polar surface area (TPSA) is 206 Å². The molecule has 220 valence electrons. The number of nitrogens with one attached hydrogen (secondary N) is 2. The molecule has 3 heterocycles. The molecule has 4 rings (SSSR count). The lowest BCUT2D eigenvalue weighted by Crippen LogP contribution is -2.43. The zero-order valence-corrected chi connectivity index (χ0v) is 23.5. The molecule has 0 radical (unpaired) electrons. The minimum Gasteiger partial charge on any atom is -0.463 e. The van der Waals surface area contributed by atoms with Gasteiger partial charge in [0.25, 0.3) is 0 Å². The summed E-state index contributed by atoms with van der Waals surface area (Å²) in [6.07, 6.45) is 4.90. The predicted octanol–water partition coefficient (Wildman–Crippen LogP) is 2.28. The molecule has 2 aromatic heterocycles. The van der Waals surface area contributed by atoms with Crippen molar-refractivity contribution in [2.45, 2.75) is 58.2 Å². The summed E-state index contributed by atoms with van der Waals surface area (Å²) in [4.78, 5) is 41.1. The summed E-state index contributed by atoms with van der Waals surface area (Å²) < 4.78 is 7.17. The first kappa shape index (κ1) is 29.8. The van der Waals surface area contributed by atoms with Crippen LogP contribution >= 0.6 is 0 Å². The third-order valence-electron chi connectivity index (χ3n) is 7.37. The number of ether oxygens (including phenoxy) is 1. The molecule has 1 aromatic carbocycles. The van der Waals surface area contributed by atoms with E-state index in [-0.39, 0.29) is 30.0 Å². The Hall–Kier alpha value is -4.13. The molecule has 1 aliphatic rings. The van der Waals surface area contributed by atoms with Crippen LogP contribution in [-0.2, 0) is 17.9 Å². The van der Waals surface area contributed by atoms with Gasteiger partial charge in [0.15, 0.2) is 11.5 Å². The Kier molecular flexibility index (Phi) is 10.5. The highest BCUT2D eigenvalue weighted by atomic mass is 16.5. The van der Waals surface area contributed by atoms with Crippen LogP contribution in [0.2, 0.25) is 0 Å². The summed E-state index contributed by atoms with van der Waals surface area (Å²) in [6.45, 7) is 6.28. The molecule has 0 bridgehead atoms. The number of hydrogen-bond donors (Lipinski definition) is 4. The average Bonchev–Trinajstić information content (AvgIpc) is 3.29. The van der Waals surface area contributed by atoms with Gasteiger partial charge in [-0.1, -0.05) is 42.7 Å². The lowest BCUT2D eigenvalue weighted by Gasteiger charge is -2.32. The fourth-order valence-electron chi connectivity index (χ4n) is 4.91. The second-order valence-electron chi connectivity index (χ2n) is 10.4. The van der Waals surface area contributed by atoms with Gasteiger partial charge in [-0.15, -0.1) is 0 Å². The number of fused-ring (bicyclic) bond motifs is 1. The SMILES string of the molecule is CCCCOc1nc(N)c2[nH]c(=O)n(Cc3ccc(CN4CCC(CCNC(=O)[C@@H](N)CN=[N+]=[N-])CC4)cc3)c2n1. The van der Waals surface area contributed by atoms with E-state index < -0.39 is 6.04 Å². The molecule has 6 N–H and O–H groups in total. The van der Waals surface area contributed by atoms with E-state index in [1.807, 2.05) is 12.1 Å². The van der Waals surface area contributed by atoms with E-state index in [9.17, 15) is 9.59 Å². The summed E-state index contributed by atoms with van der Waals surface area (Å²) in [5.41, 5.74) is 22.8. The minimum absolute atomic E-state index is 0.0389. The van der Waals surface area contributed by atoms with Crippen LogP contribution < -0.4 is 27.2 Å². The van der Waals surface area contributed by atoms with E-state index in [4.69, 9.17) is 21.7 Å². The van der Waals surface area contributed by atoms with E-state index in [0.717, 1.165) is 57.3 Å². The van der Waals surface area contributed by atoms with Crippen molar-refractivity contribution in [1.29, 1.82) is 0 Å². The van der Waals surface area contributed by atoms with Crippen LogP contribution in [-0.4, -0.2) is 69.2 Å². The van der Waals surface area contributed by atoms with Gasteiger partial charge in [0.05, 0.1) is 19.2 Å². The zero-order chi connectivity index (χ0) is 29.2. The normalized spacial score (nSPS) is 15.0. The molecule has 0 saturated carbocycles. The molecule has 3 aromatic rings. The molecule has 0 unspecified atom stereocenters. The van der Waals surface area contributed by atoms with Gasteiger partial charge in [-0.25, -0.2) is 4.79 Å². The number of piperidine rings is 1. The average molecular weight is 566 g/mol. The molecule has 1 fully saturated rings. The third-order valence-corrected chi connectivity index (χ3v) is 7.37. The Morgan fingerprint density at radius 1 is 1.24 bits per heavy atom. The number of H-pyrrole nitrogens is 1. The summed E-state index contributed by atoms with van der Waals surface area (Å²) in [5, 5.41) is 6.18. The predicted molar refractivity (Wildman–Crippen MR) is 156 cm³/mol. The number of aromatic amines is 1. The van der Waals surface area contributed by atoms with Gasteiger partial charge in [-0.2, -0.15) is 9.97 Å². The summed E-state index contributed by atoms with van der Waals surface area (Å²) in [5.74, 6) is 0.450. The van der Waals surface area contributed by atoms with Gasteiger partial charge < -0.3 is 26.5 Å². The Balaban J connectivity index is 1.26. The number of unbranched alkanes of at least 4 members (excludes halogenated alkanes) is 1. The van der Waals surface area contributed by atoms with Gasteiger partial charge >= 0.3 is 11.7 Å². The highest BCUT2D eigenvalue weighted by molar-refractivity contribution is 5.82. The Morgan fingerprint density at radius 2 is 1.95 bits per heavy atom. The van der Waals surface area contributed by atoms with Gasteiger partial charge in [-0.3, -0.25) is 14.3 Å². The van der Waals surface area contributed by atoms with Crippen LogP contribution in [0.3, 0.4) is 0 Å². The second-order valence-corrected chi connectivity index (χ2v) is 10.4. The molecular formula is C27H39N11O3. The molecule has 1 amide bonds. The van der Waals surface area contributed by atoms with E-state index >= 15 is 0 Å². The first-order chi connectivity index (χ1) is 19.9. The number of anilines is 1. The summed E-state index contributed by atoms with van der Waals surface area (Å²) in [6, 6.07) is 7.63. The summed E-state index contributed by atoms with van der Waals surface area (Å²) in [7, 11) is 0. The maximum atomic E-state index is 12.7. The molecule has 41 heavy (non-hydrogen) atoms. The van der Waals surface area contributed by atoms with Crippen molar-refractivity contribution in [2.24, 2.45) is 16.8 Å². The number of nitrogens with two attached hydrogens (primary N) is 2. The van der Waals surface area contributed by atoms with Crippen molar-refractivity contribution in [3.05, 3.63) is 56.3 Å². The minimum atomic E-state index is -0.807. The van der Waals surface area contributed by atoms with Crippen LogP contribution in [0.5, 0.6) is 6.01 Å². The molecule has 1 saturated heterocycles. The molecule has 1 atom stereocenters. The standard InChI is InChI=1S/C27H39N11O3/c1-2-3-14-41-26-34-23(29)22-24(35-26)38(27(40)33-22)17-20-6-4-19(5-7-20)16-37-12-9-18(10-13-37)8-11-31-25(39)21(28)15-32-36-30/h4-7,18,21H,2-3,8-17,28H2,1H3,(H,31,39)(H,33,40)(H2,29,34,35)/t21-/m0/s1. The van der Waals surface area contributed by atoms with Crippen molar-refractivity contribution in [3.63, 3.8) is 0 Å². The number of imidazole rings is 1. The number of carbonyl (C=O) groups is 1.